The monoisotopic (exact) mass is 304 g/mol. The molecule has 2 aromatic rings. The van der Waals surface area contributed by atoms with Crippen molar-refractivity contribution in [3.63, 3.8) is 0 Å². The maximum Gasteiger partial charge on any atom is 0.191 e. The first-order valence-electron chi connectivity index (χ1n) is 6.76. The van der Waals surface area contributed by atoms with Crippen LogP contribution in [0.1, 0.15) is 5.01 Å². The number of aliphatic imine (C=N–C) groups is 1. The van der Waals surface area contributed by atoms with Gasteiger partial charge in [0.05, 0.1) is 18.8 Å². The van der Waals surface area contributed by atoms with Crippen molar-refractivity contribution >= 4 is 17.3 Å². The fourth-order valence-corrected chi connectivity index (χ4v) is 2.53. The summed E-state index contributed by atoms with van der Waals surface area (Å²) >= 11 is 1.64. The maximum atomic E-state index is 5.00. The van der Waals surface area contributed by atoms with Gasteiger partial charge < -0.3 is 15.4 Å². The lowest BCUT2D eigenvalue weighted by molar-refractivity contribution is 0.203. The number of hydrogen-bond acceptors (Lipinski definition) is 4. The Labute approximate surface area is 129 Å². The smallest absolute Gasteiger partial charge is 0.191 e. The van der Waals surface area contributed by atoms with E-state index in [0.29, 0.717) is 13.2 Å². The molecule has 21 heavy (non-hydrogen) atoms. The molecular formula is C15H20N4OS. The molecule has 0 spiro atoms. The Morgan fingerprint density at radius 3 is 2.81 bits per heavy atom. The number of ether oxygens (including phenoxy) is 1. The fourth-order valence-electron chi connectivity index (χ4n) is 1.79. The van der Waals surface area contributed by atoms with Crippen molar-refractivity contribution in [3.8, 4) is 11.3 Å². The van der Waals surface area contributed by atoms with Crippen molar-refractivity contribution in [3.05, 3.63) is 40.7 Å². The Bertz CT molecular complexity index is 568. The quantitative estimate of drug-likeness (QED) is 0.487. The number of guanidine groups is 1. The van der Waals surface area contributed by atoms with Crippen molar-refractivity contribution in [2.45, 2.75) is 6.54 Å². The molecule has 2 N–H and O–H groups in total. The molecule has 0 amide bonds. The van der Waals surface area contributed by atoms with Crippen LogP contribution in [-0.4, -0.2) is 38.3 Å². The first kappa shape index (κ1) is 15.5. The van der Waals surface area contributed by atoms with Crippen LogP contribution in [0.2, 0.25) is 0 Å². The number of aromatic nitrogens is 1. The number of hydrogen-bond donors (Lipinski definition) is 2. The van der Waals surface area contributed by atoms with Crippen molar-refractivity contribution in [1.82, 2.24) is 15.6 Å². The summed E-state index contributed by atoms with van der Waals surface area (Å²) in [7, 11) is 3.43. The second kappa shape index (κ2) is 8.39. The molecule has 6 heteroatoms. The molecule has 0 radical (unpaired) electrons. The summed E-state index contributed by atoms with van der Waals surface area (Å²) in [6.45, 7) is 2.03. The third-order valence-corrected chi connectivity index (χ3v) is 3.70. The van der Waals surface area contributed by atoms with E-state index in [1.165, 1.54) is 0 Å². The fraction of sp³-hybridized carbons (Fsp3) is 0.333. The number of methoxy groups -OCH3 is 1. The van der Waals surface area contributed by atoms with Gasteiger partial charge in [0, 0.05) is 31.6 Å². The maximum absolute atomic E-state index is 5.00. The predicted molar refractivity (Wildman–Crippen MR) is 87.6 cm³/mol. The van der Waals surface area contributed by atoms with Crippen LogP contribution in [0.4, 0.5) is 0 Å². The first-order valence-corrected chi connectivity index (χ1v) is 7.64. The highest BCUT2D eigenvalue weighted by atomic mass is 32.1. The Kier molecular flexibility index (Phi) is 6.18. The van der Waals surface area contributed by atoms with Gasteiger partial charge in [0.15, 0.2) is 5.96 Å². The van der Waals surface area contributed by atoms with Gasteiger partial charge in [-0.05, 0) is 0 Å². The molecule has 0 atom stereocenters. The molecule has 2 rings (SSSR count). The van der Waals surface area contributed by atoms with Gasteiger partial charge in [-0.3, -0.25) is 4.99 Å². The van der Waals surface area contributed by atoms with Gasteiger partial charge in [0.2, 0.25) is 0 Å². The van der Waals surface area contributed by atoms with E-state index >= 15 is 0 Å². The van der Waals surface area contributed by atoms with Crippen LogP contribution in [-0.2, 0) is 11.3 Å². The van der Waals surface area contributed by atoms with Crippen LogP contribution >= 0.6 is 11.3 Å². The van der Waals surface area contributed by atoms with Crippen molar-refractivity contribution in [1.29, 1.82) is 0 Å². The highest BCUT2D eigenvalue weighted by molar-refractivity contribution is 7.09. The molecule has 0 saturated carbocycles. The van der Waals surface area contributed by atoms with Crippen LogP contribution in [0.5, 0.6) is 0 Å². The molecule has 112 valence electrons. The summed E-state index contributed by atoms with van der Waals surface area (Å²) in [6.07, 6.45) is 0. The zero-order valence-electron chi connectivity index (χ0n) is 12.3. The molecule has 0 aliphatic heterocycles. The molecule has 0 unspecified atom stereocenters. The van der Waals surface area contributed by atoms with Crippen LogP contribution in [0.3, 0.4) is 0 Å². The second-order valence-electron chi connectivity index (χ2n) is 4.34. The normalized spacial score (nSPS) is 11.4. The number of rotatable bonds is 6. The van der Waals surface area contributed by atoms with Crippen molar-refractivity contribution in [2.75, 3.05) is 27.3 Å². The van der Waals surface area contributed by atoms with Crippen molar-refractivity contribution < 1.29 is 4.74 Å². The third-order valence-electron chi connectivity index (χ3n) is 2.85. The molecule has 0 saturated heterocycles. The number of thiazole rings is 1. The minimum Gasteiger partial charge on any atom is -0.383 e. The molecule has 1 aromatic heterocycles. The van der Waals surface area contributed by atoms with Crippen LogP contribution in [0, 0.1) is 0 Å². The first-order chi connectivity index (χ1) is 10.3. The van der Waals surface area contributed by atoms with Gasteiger partial charge >= 0.3 is 0 Å². The highest BCUT2D eigenvalue weighted by Crippen LogP contribution is 2.21. The standard InChI is InChI=1S/C15H20N4OS/c1-16-15(17-8-9-20-2)18-10-14-19-13(11-21-14)12-6-4-3-5-7-12/h3-7,11H,8-10H2,1-2H3,(H2,16,17,18). The van der Waals surface area contributed by atoms with Crippen LogP contribution < -0.4 is 10.6 Å². The van der Waals surface area contributed by atoms with E-state index in [1.54, 1.807) is 25.5 Å². The Hall–Kier alpha value is -1.92. The Balaban J connectivity index is 1.88. The predicted octanol–water partition coefficient (Wildman–Crippen LogP) is 2.12. The average Bonchev–Trinajstić information content (AvgIpc) is 3.00. The lowest BCUT2D eigenvalue weighted by Crippen LogP contribution is -2.38. The van der Waals surface area contributed by atoms with E-state index in [4.69, 9.17) is 4.74 Å². The molecule has 0 aliphatic rings. The lowest BCUT2D eigenvalue weighted by Gasteiger charge is -2.10. The van der Waals surface area contributed by atoms with Gasteiger partial charge in [-0.1, -0.05) is 30.3 Å². The van der Waals surface area contributed by atoms with Gasteiger partial charge in [-0.15, -0.1) is 11.3 Å². The summed E-state index contributed by atoms with van der Waals surface area (Å²) in [4.78, 5) is 8.79. The Morgan fingerprint density at radius 1 is 1.29 bits per heavy atom. The Morgan fingerprint density at radius 2 is 2.10 bits per heavy atom. The average molecular weight is 304 g/mol. The van der Waals surface area contributed by atoms with E-state index in [9.17, 15) is 0 Å². The number of nitrogens with zero attached hydrogens (tertiary/aromatic N) is 2. The number of benzene rings is 1. The topological polar surface area (TPSA) is 58.5 Å². The van der Waals surface area contributed by atoms with Gasteiger partial charge in [0.25, 0.3) is 0 Å². The number of nitrogens with one attached hydrogen (secondary N) is 2. The molecule has 1 aromatic carbocycles. The van der Waals surface area contributed by atoms with Crippen LogP contribution in [0.15, 0.2) is 40.7 Å². The molecule has 0 bridgehead atoms. The van der Waals surface area contributed by atoms with E-state index in [1.807, 2.05) is 18.2 Å². The highest BCUT2D eigenvalue weighted by Gasteiger charge is 2.05. The van der Waals surface area contributed by atoms with Gasteiger partial charge in [-0.25, -0.2) is 4.98 Å². The van der Waals surface area contributed by atoms with Crippen molar-refractivity contribution in [2.24, 2.45) is 4.99 Å². The summed E-state index contributed by atoms with van der Waals surface area (Å²) in [5.41, 5.74) is 2.15. The molecule has 0 aliphatic carbocycles. The summed E-state index contributed by atoms with van der Waals surface area (Å²) in [6, 6.07) is 10.2. The summed E-state index contributed by atoms with van der Waals surface area (Å²) < 4.78 is 5.00. The van der Waals surface area contributed by atoms with Gasteiger partial charge in [-0.2, -0.15) is 0 Å². The van der Waals surface area contributed by atoms with E-state index in [-0.39, 0.29) is 0 Å². The molecule has 1 heterocycles. The minimum atomic E-state index is 0.649. The van der Waals surface area contributed by atoms with Gasteiger partial charge in [0.1, 0.15) is 5.01 Å². The lowest BCUT2D eigenvalue weighted by atomic mass is 10.2. The summed E-state index contributed by atoms with van der Waals surface area (Å²) in [5, 5.41) is 9.52. The van der Waals surface area contributed by atoms with E-state index in [2.05, 4.69) is 38.1 Å². The molecular weight excluding hydrogens is 284 g/mol. The third kappa shape index (κ3) is 4.84. The SMILES string of the molecule is CN=C(NCCOC)NCc1nc(-c2ccccc2)cs1. The zero-order valence-corrected chi connectivity index (χ0v) is 13.1. The van der Waals surface area contributed by atoms with E-state index < -0.39 is 0 Å². The largest absolute Gasteiger partial charge is 0.383 e. The zero-order chi connectivity index (χ0) is 14.9. The summed E-state index contributed by atoms with van der Waals surface area (Å²) in [5.74, 6) is 0.753. The second-order valence-corrected chi connectivity index (χ2v) is 5.28. The van der Waals surface area contributed by atoms with E-state index in [0.717, 1.165) is 28.8 Å². The minimum absolute atomic E-state index is 0.649. The molecule has 0 fully saturated rings. The van der Waals surface area contributed by atoms with Crippen LogP contribution in [0.25, 0.3) is 11.3 Å². The molecule has 5 nitrogen and oxygen atoms in total.